The fraction of sp³-hybridized carbons (Fsp3) is 0.656. The minimum Gasteiger partial charge on any atom is -0.458 e. The van der Waals surface area contributed by atoms with Gasteiger partial charge in [-0.15, -0.1) is 0 Å². The Hall–Kier alpha value is -2.51. The van der Waals surface area contributed by atoms with Crippen molar-refractivity contribution in [1.29, 1.82) is 0 Å². The zero-order chi connectivity index (χ0) is 28.7. The second kappa shape index (κ2) is 9.00. The molecule has 0 amide bonds. The van der Waals surface area contributed by atoms with Crippen LogP contribution < -0.4 is 0 Å². The van der Waals surface area contributed by atoms with E-state index in [2.05, 4.69) is 27.7 Å². The molecule has 9 atom stereocenters. The molecule has 7 nitrogen and oxygen atoms in total. The summed E-state index contributed by atoms with van der Waals surface area (Å²) in [5.74, 6) is -2.20. The molecule has 0 spiro atoms. The SMILES string of the molecule is CC(=O)O[C@H]1C(=O)[C@@]2(C)[C@H]([C@H](OC(=O)c3ccccc3)[C@]3(C)C[C@H](C)C(C)=C1C3(C)C)[C@]1(O)CO[C@@H]1C[C@@H]2C. The molecule has 3 fully saturated rings. The van der Waals surface area contributed by atoms with E-state index < -0.39 is 58.0 Å². The summed E-state index contributed by atoms with van der Waals surface area (Å²) in [5, 5.41) is 12.3. The van der Waals surface area contributed by atoms with E-state index in [0.717, 1.165) is 11.1 Å². The van der Waals surface area contributed by atoms with Crippen LogP contribution in [-0.2, 0) is 23.8 Å². The Morgan fingerprint density at radius 2 is 1.69 bits per heavy atom. The van der Waals surface area contributed by atoms with Gasteiger partial charge in [-0.1, -0.05) is 65.3 Å². The van der Waals surface area contributed by atoms with Gasteiger partial charge in [-0.05, 0) is 54.7 Å². The number of rotatable bonds is 3. The molecule has 7 heteroatoms. The largest absolute Gasteiger partial charge is 0.458 e. The Balaban J connectivity index is 1.80. The summed E-state index contributed by atoms with van der Waals surface area (Å²) in [6.07, 6.45) is -1.20. The number of benzene rings is 1. The van der Waals surface area contributed by atoms with Crippen LogP contribution in [0.1, 0.15) is 78.6 Å². The van der Waals surface area contributed by atoms with Crippen molar-refractivity contribution >= 4 is 17.7 Å². The highest BCUT2D eigenvalue weighted by Gasteiger charge is 2.74. The normalized spacial score (nSPS) is 42.7. The number of allylic oxidation sites excluding steroid dienone is 1. The molecule has 0 aromatic heterocycles. The summed E-state index contributed by atoms with van der Waals surface area (Å²) in [4.78, 5) is 41.1. The third-order valence-electron chi connectivity index (χ3n) is 11.3. The van der Waals surface area contributed by atoms with E-state index in [1.54, 1.807) is 24.3 Å². The first-order chi connectivity index (χ1) is 18.1. The van der Waals surface area contributed by atoms with Crippen LogP contribution in [0.5, 0.6) is 0 Å². The fourth-order valence-corrected chi connectivity index (χ4v) is 8.43. The van der Waals surface area contributed by atoms with E-state index in [4.69, 9.17) is 14.2 Å². The lowest BCUT2D eigenvalue weighted by Crippen LogP contribution is -2.78. The minimum absolute atomic E-state index is 0.0373. The third-order valence-corrected chi connectivity index (χ3v) is 11.3. The summed E-state index contributed by atoms with van der Waals surface area (Å²) in [6, 6.07) is 8.85. The zero-order valence-corrected chi connectivity index (χ0v) is 24.4. The van der Waals surface area contributed by atoms with E-state index >= 15 is 0 Å². The summed E-state index contributed by atoms with van der Waals surface area (Å²) in [6.45, 7) is 15.6. The van der Waals surface area contributed by atoms with Gasteiger partial charge in [-0.2, -0.15) is 0 Å². The fourth-order valence-electron chi connectivity index (χ4n) is 8.43. The van der Waals surface area contributed by atoms with Crippen molar-refractivity contribution in [2.24, 2.45) is 34.0 Å². The van der Waals surface area contributed by atoms with Crippen LogP contribution in [0, 0.1) is 34.0 Å². The molecule has 2 saturated carbocycles. The van der Waals surface area contributed by atoms with Gasteiger partial charge in [0.15, 0.2) is 11.9 Å². The van der Waals surface area contributed by atoms with E-state index in [-0.39, 0.29) is 24.2 Å². The Labute approximate surface area is 231 Å². The monoisotopic (exact) mass is 538 g/mol. The smallest absolute Gasteiger partial charge is 0.338 e. The average molecular weight is 539 g/mol. The minimum atomic E-state index is -1.37. The zero-order valence-electron chi connectivity index (χ0n) is 24.4. The summed E-state index contributed by atoms with van der Waals surface area (Å²) < 4.78 is 18.3. The van der Waals surface area contributed by atoms with E-state index in [9.17, 15) is 19.5 Å². The maximum absolute atomic E-state index is 14.9. The van der Waals surface area contributed by atoms with Gasteiger partial charge in [-0.25, -0.2) is 4.79 Å². The lowest BCUT2D eigenvalue weighted by molar-refractivity contribution is -0.331. The topological polar surface area (TPSA) is 99.1 Å². The molecule has 1 aliphatic heterocycles. The Morgan fingerprint density at radius 1 is 1.05 bits per heavy atom. The van der Waals surface area contributed by atoms with Crippen molar-refractivity contribution in [3.05, 3.63) is 47.0 Å². The molecule has 39 heavy (non-hydrogen) atoms. The van der Waals surface area contributed by atoms with Crippen LogP contribution in [-0.4, -0.2) is 53.3 Å². The molecule has 1 saturated heterocycles. The van der Waals surface area contributed by atoms with Crippen LogP contribution in [0.25, 0.3) is 0 Å². The first-order valence-electron chi connectivity index (χ1n) is 14.1. The van der Waals surface area contributed by atoms with E-state index in [1.807, 2.05) is 26.8 Å². The second-order valence-electron chi connectivity index (χ2n) is 13.5. The predicted octanol–water partition coefficient (Wildman–Crippen LogP) is 4.91. The van der Waals surface area contributed by atoms with Crippen LogP contribution in [0.4, 0.5) is 0 Å². The number of Topliss-reactive ketones (excluding diaryl/α,β-unsaturated/α-hetero) is 1. The third kappa shape index (κ3) is 3.72. The Bertz CT molecular complexity index is 1230. The molecule has 1 aromatic carbocycles. The number of fused-ring (bicyclic) bond motifs is 5. The molecule has 0 radical (unpaired) electrons. The number of ether oxygens (including phenoxy) is 3. The van der Waals surface area contributed by atoms with Gasteiger partial charge in [0.25, 0.3) is 0 Å². The molecule has 1 heterocycles. The average Bonchev–Trinajstić information content (AvgIpc) is 2.87. The highest BCUT2D eigenvalue weighted by molar-refractivity contribution is 5.95. The molecule has 1 N–H and O–H groups in total. The van der Waals surface area contributed by atoms with Crippen molar-refractivity contribution < 1.29 is 33.7 Å². The number of ketones is 1. The second-order valence-corrected chi connectivity index (χ2v) is 13.5. The summed E-state index contributed by atoms with van der Waals surface area (Å²) in [5.41, 5.74) is -1.70. The van der Waals surface area contributed by atoms with Gasteiger partial charge in [0, 0.05) is 23.7 Å². The van der Waals surface area contributed by atoms with Crippen molar-refractivity contribution in [2.75, 3.05) is 6.61 Å². The van der Waals surface area contributed by atoms with Gasteiger partial charge in [0.1, 0.15) is 11.7 Å². The maximum atomic E-state index is 14.9. The number of hydrogen-bond donors (Lipinski definition) is 1. The van der Waals surface area contributed by atoms with Gasteiger partial charge in [0.2, 0.25) is 0 Å². The lowest BCUT2D eigenvalue weighted by atomic mass is 9.40. The number of carbonyl (C=O) groups is 3. The van der Waals surface area contributed by atoms with E-state index in [1.165, 1.54) is 6.92 Å². The molecule has 212 valence electrons. The summed E-state index contributed by atoms with van der Waals surface area (Å²) >= 11 is 0. The van der Waals surface area contributed by atoms with E-state index in [0.29, 0.717) is 18.4 Å². The number of aliphatic hydroxyl groups is 1. The lowest BCUT2D eigenvalue weighted by Gasteiger charge is -2.68. The number of hydrogen-bond acceptors (Lipinski definition) is 7. The van der Waals surface area contributed by atoms with Crippen molar-refractivity contribution in [2.45, 2.75) is 92.1 Å². The number of carbonyl (C=O) groups excluding carboxylic acids is 3. The first kappa shape index (κ1) is 28.0. The molecule has 3 aliphatic carbocycles. The molecule has 1 aromatic rings. The van der Waals surface area contributed by atoms with Gasteiger partial charge >= 0.3 is 11.9 Å². The molecule has 4 aliphatic rings. The van der Waals surface area contributed by atoms with Crippen LogP contribution >= 0.6 is 0 Å². The number of esters is 2. The Kier molecular flexibility index (Phi) is 6.47. The predicted molar refractivity (Wildman–Crippen MR) is 145 cm³/mol. The van der Waals surface area contributed by atoms with Gasteiger partial charge in [0.05, 0.1) is 18.3 Å². The Morgan fingerprint density at radius 3 is 2.26 bits per heavy atom. The molecule has 2 bridgehead atoms. The van der Waals surface area contributed by atoms with Crippen LogP contribution in [0.2, 0.25) is 0 Å². The molecular formula is C32H42O7. The standard InChI is InChI=1S/C32H42O7/c1-17-15-30(7)27(39-28(35)21-12-10-9-11-13-21)25-31(8,18(2)14-22-32(25,36)16-37-22)26(34)24(38-20(4)33)23(19(17)3)29(30,5)6/h9-13,17-18,22,24-25,27,36H,14-16H2,1-8H3/t17-,18-,22+,24+,25-,27-,30-,31+,32-/m0/s1. The maximum Gasteiger partial charge on any atom is 0.338 e. The highest BCUT2D eigenvalue weighted by Crippen LogP contribution is 2.67. The van der Waals surface area contributed by atoms with Crippen molar-refractivity contribution in [3.63, 3.8) is 0 Å². The molecule has 0 unspecified atom stereocenters. The van der Waals surface area contributed by atoms with Crippen molar-refractivity contribution in [3.8, 4) is 0 Å². The van der Waals surface area contributed by atoms with Gasteiger partial charge in [-0.3, -0.25) is 9.59 Å². The van der Waals surface area contributed by atoms with Crippen LogP contribution in [0.3, 0.4) is 0 Å². The quantitative estimate of drug-likeness (QED) is 0.431. The highest BCUT2D eigenvalue weighted by atomic mass is 16.6. The molecular weight excluding hydrogens is 496 g/mol. The summed E-state index contributed by atoms with van der Waals surface area (Å²) in [7, 11) is 0. The molecule has 5 rings (SSSR count). The van der Waals surface area contributed by atoms with Gasteiger partial charge < -0.3 is 19.3 Å². The first-order valence-corrected chi connectivity index (χ1v) is 14.1. The van der Waals surface area contributed by atoms with Crippen LogP contribution in [0.15, 0.2) is 41.5 Å². The van der Waals surface area contributed by atoms with Crippen molar-refractivity contribution in [1.82, 2.24) is 0 Å².